The quantitative estimate of drug-likeness (QED) is 0.390. The van der Waals surface area contributed by atoms with Gasteiger partial charge in [0, 0.05) is 6.54 Å². The van der Waals surface area contributed by atoms with E-state index in [9.17, 15) is 4.79 Å². The number of urea groups is 1. The van der Waals surface area contributed by atoms with E-state index in [1.807, 2.05) is 17.6 Å². The lowest BCUT2D eigenvalue weighted by molar-refractivity contribution is 0.241. The van der Waals surface area contributed by atoms with Gasteiger partial charge in [-0.3, -0.25) is 5.43 Å². The van der Waals surface area contributed by atoms with Crippen LogP contribution in [0, 0.1) is 0 Å². The molecule has 2 rings (SSSR count). The second-order valence-electron chi connectivity index (χ2n) is 3.72. The van der Waals surface area contributed by atoms with Crippen molar-refractivity contribution in [2.45, 2.75) is 19.4 Å². The fourth-order valence-corrected chi connectivity index (χ4v) is 1.76. The zero-order valence-corrected chi connectivity index (χ0v) is 8.95. The first kappa shape index (κ1) is 10.8. The Hall–Kier alpha value is -1.75. The number of hydrazine groups is 1. The van der Waals surface area contributed by atoms with Crippen molar-refractivity contribution in [3.63, 3.8) is 0 Å². The van der Waals surface area contributed by atoms with Crippen LogP contribution in [0.25, 0.3) is 0 Å². The van der Waals surface area contributed by atoms with Crippen molar-refractivity contribution < 1.29 is 9.53 Å². The molecule has 0 unspecified atom stereocenters. The minimum absolute atomic E-state index is 0.381. The summed E-state index contributed by atoms with van der Waals surface area (Å²) in [5, 5.41) is 2.64. The lowest BCUT2D eigenvalue weighted by Crippen LogP contribution is -2.39. The van der Waals surface area contributed by atoms with Gasteiger partial charge in [0.05, 0.1) is 6.61 Å². The number of nitrogens with two attached hydrogens (primary N) is 1. The molecule has 1 aromatic rings. The molecule has 1 heterocycles. The molecule has 4 N–H and O–H groups in total. The smallest absolute Gasteiger partial charge is 0.329 e. The summed E-state index contributed by atoms with van der Waals surface area (Å²) in [5.74, 6) is 5.92. The van der Waals surface area contributed by atoms with Crippen molar-refractivity contribution in [1.29, 1.82) is 0 Å². The van der Waals surface area contributed by atoms with Crippen molar-refractivity contribution in [2.75, 3.05) is 6.61 Å². The van der Waals surface area contributed by atoms with E-state index in [2.05, 4.69) is 11.4 Å². The normalized spacial score (nSPS) is 13.6. The number of carbonyl (C=O) groups is 1. The molecular formula is C11H15N3O2. The molecule has 0 atom stereocenters. The molecular weight excluding hydrogens is 206 g/mol. The van der Waals surface area contributed by atoms with Crippen LogP contribution in [0.15, 0.2) is 18.2 Å². The van der Waals surface area contributed by atoms with Gasteiger partial charge in [0.1, 0.15) is 5.75 Å². The van der Waals surface area contributed by atoms with Crippen molar-refractivity contribution in [3.8, 4) is 5.75 Å². The van der Waals surface area contributed by atoms with E-state index in [-0.39, 0.29) is 6.03 Å². The number of benzene rings is 1. The molecule has 16 heavy (non-hydrogen) atoms. The van der Waals surface area contributed by atoms with E-state index in [0.717, 1.165) is 30.8 Å². The number of fused-ring (bicyclic) bond motifs is 1. The van der Waals surface area contributed by atoms with Gasteiger partial charge in [-0.15, -0.1) is 0 Å². The minimum Gasteiger partial charge on any atom is -0.493 e. The average molecular weight is 221 g/mol. The molecule has 1 aliphatic rings. The highest BCUT2D eigenvalue weighted by molar-refractivity contribution is 5.73. The number of rotatable bonds is 2. The highest BCUT2D eigenvalue weighted by Gasteiger charge is 2.10. The Morgan fingerprint density at radius 3 is 3.19 bits per heavy atom. The minimum atomic E-state index is -0.381. The molecule has 86 valence electrons. The number of carbonyl (C=O) groups excluding carboxylic acids is 1. The molecule has 0 aliphatic carbocycles. The largest absolute Gasteiger partial charge is 0.493 e. The summed E-state index contributed by atoms with van der Waals surface area (Å²) >= 11 is 0. The summed E-state index contributed by atoms with van der Waals surface area (Å²) in [6, 6.07) is 5.58. The summed E-state index contributed by atoms with van der Waals surface area (Å²) in [5.41, 5.74) is 4.28. The lowest BCUT2D eigenvalue weighted by atomic mass is 10.0. The third kappa shape index (κ3) is 2.43. The number of hydrogen-bond donors (Lipinski definition) is 3. The number of nitrogens with one attached hydrogen (secondary N) is 2. The standard InChI is InChI=1S/C11H15N3O2/c12-14-11(15)13-7-8-3-4-10-9(6-8)2-1-5-16-10/h3-4,6H,1-2,5,7,12H2,(H2,13,14,15). The van der Waals surface area contributed by atoms with Crippen LogP contribution in [0.1, 0.15) is 17.5 Å². The Morgan fingerprint density at radius 2 is 2.38 bits per heavy atom. The van der Waals surface area contributed by atoms with Gasteiger partial charge in [-0.25, -0.2) is 10.6 Å². The predicted molar refractivity (Wildman–Crippen MR) is 59.8 cm³/mol. The second-order valence-corrected chi connectivity index (χ2v) is 3.72. The van der Waals surface area contributed by atoms with Gasteiger partial charge >= 0.3 is 6.03 Å². The van der Waals surface area contributed by atoms with Crippen LogP contribution in [-0.2, 0) is 13.0 Å². The Kier molecular flexibility index (Phi) is 3.26. The molecule has 1 aromatic carbocycles. The van der Waals surface area contributed by atoms with E-state index in [0.29, 0.717) is 6.54 Å². The van der Waals surface area contributed by atoms with Crippen molar-refractivity contribution in [1.82, 2.24) is 10.7 Å². The van der Waals surface area contributed by atoms with Crippen LogP contribution in [0.3, 0.4) is 0 Å². The summed E-state index contributed by atoms with van der Waals surface area (Å²) < 4.78 is 5.51. The Bertz CT molecular complexity index is 393. The summed E-state index contributed by atoms with van der Waals surface area (Å²) in [6.45, 7) is 1.26. The fourth-order valence-electron chi connectivity index (χ4n) is 1.76. The second kappa shape index (κ2) is 4.85. The SMILES string of the molecule is NNC(=O)NCc1ccc2c(c1)CCCO2. The molecule has 0 fully saturated rings. The molecule has 0 saturated heterocycles. The van der Waals surface area contributed by atoms with Gasteiger partial charge in [-0.2, -0.15) is 0 Å². The highest BCUT2D eigenvalue weighted by atomic mass is 16.5. The summed E-state index contributed by atoms with van der Waals surface area (Å²) in [4.78, 5) is 10.9. The van der Waals surface area contributed by atoms with Crippen LogP contribution < -0.4 is 21.3 Å². The fraction of sp³-hybridized carbons (Fsp3) is 0.364. The van der Waals surface area contributed by atoms with Crippen LogP contribution in [0.4, 0.5) is 4.79 Å². The molecule has 0 radical (unpaired) electrons. The molecule has 0 spiro atoms. The topological polar surface area (TPSA) is 76.4 Å². The third-order valence-electron chi connectivity index (χ3n) is 2.56. The maximum absolute atomic E-state index is 10.9. The molecule has 0 bridgehead atoms. The van der Waals surface area contributed by atoms with Crippen LogP contribution in [-0.4, -0.2) is 12.6 Å². The molecule has 1 aliphatic heterocycles. The first-order chi connectivity index (χ1) is 7.79. The lowest BCUT2D eigenvalue weighted by Gasteiger charge is -2.17. The summed E-state index contributed by atoms with van der Waals surface area (Å²) in [6.07, 6.45) is 2.08. The van der Waals surface area contributed by atoms with E-state index in [1.165, 1.54) is 5.56 Å². The van der Waals surface area contributed by atoms with Gasteiger partial charge in [0.2, 0.25) is 0 Å². The Labute approximate surface area is 93.9 Å². The number of hydrogen-bond acceptors (Lipinski definition) is 3. The van der Waals surface area contributed by atoms with Gasteiger partial charge < -0.3 is 10.1 Å². The first-order valence-electron chi connectivity index (χ1n) is 5.28. The van der Waals surface area contributed by atoms with Crippen molar-refractivity contribution >= 4 is 6.03 Å². The Balaban J connectivity index is 2.03. The highest BCUT2D eigenvalue weighted by Crippen LogP contribution is 2.25. The summed E-state index contributed by atoms with van der Waals surface area (Å²) in [7, 11) is 0. The van der Waals surface area contributed by atoms with E-state index < -0.39 is 0 Å². The molecule has 2 amide bonds. The van der Waals surface area contributed by atoms with Crippen molar-refractivity contribution in [3.05, 3.63) is 29.3 Å². The monoisotopic (exact) mass is 221 g/mol. The van der Waals surface area contributed by atoms with Crippen LogP contribution in [0.5, 0.6) is 5.75 Å². The molecule has 0 aromatic heterocycles. The van der Waals surface area contributed by atoms with Gasteiger partial charge in [-0.05, 0) is 30.0 Å². The van der Waals surface area contributed by atoms with E-state index in [4.69, 9.17) is 10.6 Å². The van der Waals surface area contributed by atoms with Crippen molar-refractivity contribution in [2.24, 2.45) is 5.84 Å². The van der Waals surface area contributed by atoms with E-state index in [1.54, 1.807) is 0 Å². The van der Waals surface area contributed by atoms with Crippen LogP contribution in [0.2, 0.25) is 0 Å². The average Bonchev–Trinajstić information content (AvgIpc) is 2.35. The van der Waals surface area contributed by atoms with Crippen LogP contribution >= 0.6 is 0 Å². The maximum Gasteiger partial charge on any atom is 0.329 e. The number of amides is 2. The molecule has 5 nitrogen and oxygen atoms in total. The maximum atomic E-state index is 10.9. The zero-order chi connectivity index (χ0) is 11.4. The van der Waals surface area contributed by atoms with E-state index >= 15 is 0 Å². The zero-order valence-electron chi connectivity index (χ0n) is 8.95. The predicted octanol–water partition coefficient (Wildman–Crippen LogP) is 0.684. The van der Waals surface area contributed by atoms with Gasteiger partial charge in [0.25, 0.3) is 0 Å². The number of ether oxygens (including phenoxy) is 1. The Morgan fingerprint density at radius 1 is 1.50 bits per heavy atom. The first-order valence-corrected chi connectivity index (χ1v) is 5.28. The number of aryl methyl sites for hydroxylation is 1. The molecule has 0 saturated carbocycles. The van der Waals surface area contributed by atoms with Gasteiger partial charge in [0.15, 0.2) is 0 Å². The third-order valence-corrected chi connectivity index (χ3v) is 2.56. The van der Waals surface area contributed by atoms with Gasteiger partial charge in [-0.1, -0.05) is 12.1 Å². The molecule has 5 heteroatoms.